The lowest BCUT2D eigenvalue weighted by molar-refractivity contribution is -0.402. The van der Waals surface area contributed by atoms with Gasteiger partial charge in [0.05, 0.1) is 17.8 Å². The number of furan rings is 1. The van der Waals surface area contributed by atoms with E-state index < -0.39 is 4.92 Å². The molecule has 9 heteroatoms. The predicted octanol–water partition coefficient (Wildman–Crippen LogP) is 7.06. The van der Waals surface area contributed by atoms with Crippen LogP contribution in [-0.4, -0.2) is 17.0 Å². The quantitative estimate of drug-likeness (QED) is 0.237. The van der Waals surface area contributed by atoms with Crippen molar-refractivity contribution < 1.29 is 14.1 Å². The van der Waals surface area contributed by atoms with Gasteiger partial charge in [0.25, 0.3) is 5.91 Å². The van der Waals surface area contributed by atoms with Gasteiger partial charge in [-0.2, -0.15) is 0 Å². The van der Waals surface area contributed by atoms with Crippen LogP contribution in [0.25, 0.3) is 0 Å². The van der Waals surface area contributed by atoms with Gasteiger partial charge in [0, 0.05) is 15.6 Å². The summed E-state index contributed by atoms with van der Waals surface area (Å²) in [5.74, 6) is 0.183. The molecule has 172 valence electrons. The molecule has 1 aliphatic carbocycles. The van der Waals surface area contributed by atoms with Crippen molar-refractivity contribution in [3.05, 3.63) is 73.3 Å². The van der Waals surface area contributed by atoms with E-state index >= 15 is 0 Å². The van der Waals surface area contributed by atoms with Crippen LogP contribution in [0.2, 0.25) is 5.02 Å². The van der Waals surface area contributed by atoms with Crippen LogP contribution in [0.15, 0.2) is 45.8 Å². The van der Waals surface area contributed by atoms with Crippen molar-refractivity contribution >= 4 is 51.6 Å². The van der Waals surface area contributed by atoms with Crippen LogP contribution in [0, 0.1) is 21.4 Å². The number of hydrogen-bond acceptors (Lipinski definition) is 6. The van der Waals surface area contributed by atoms with Gasteiger partial charge in [0.2, 0.25) is 0 Å². The van der Waals surface area contributed by atoms with Crippen molar-refractivity contribution in [2.45, 2.75) is 40.0 Å². The third-order valence-electron chi connectivity index (χ3n) is 5.90. The number of carbonyl (C=O) groups is 1. The van der Waals surface area contributed by atoms with Gasteiger partial charge >= 0.3 is 5.88 Å². The average molecular weight is 486 g/mol. The molecule has 0 aliphatic heterocycles. The number of aliphatic imine (C=N–C) groups is 1. The number of amides is 1. The average Bonchev–Trinajstić information content (AvgIpc) is 3.37. The van der Waals surface area contributed by atoms with E-state index in [0.29, 0.717) is 27.2 Å². The van der Waals surface area contributed by atoms with E-state index in [4.69, 9.17) is 16.0 Å². The lowest BCUT2D eigenvalue weighted by Gasteiger charge is -2.33. The first kappa shape index (κ1) is 23.2. The minimum Gasteiger partial charge on any atom is -0.400 e. The number of rotatable bonds is 5. The van der Waals surface area contributed by atoms with Crippen molar-refractivity contribution in [3.8, 4) is 0 Å². The van der Waals surface area contributed by atoms with Crippen LogP contribution in [0.1, 0.15) is 53.8 Å². The van der Waals surface area contributed by atoms with E-state index in [1.807, 2.05) is 0 Å². The molecule has 1 atom stereocenters. The molecule has 0 unspecified atom stereocenters. The van der Waals surface area contributed by atoms with Crippen LogP contribution < -0.4 is 5.32 Å². The molecule has 0 spiro atoms. The first-order valence-electron chi connectivity index (χ1n) is 10.6. The SMILES string of the molecule is CC(C)(C)[C@H]1CCc2c(sc(N=Cc3ccc([N+](=O)[O-])o3)c2C(=O)Nc2ccc(Cl)cc2)C1. The first-order chi connectivity index (χ1) is 15.6. The smallest absolute Gasteiger partial charge is 0.400 e. The molecular weight excluding hydrogens is 462 g/mol. The molecule has 0 fully saturated rings. The summed E-state index contributed by atoms with van der Waals surface area (Å²) in [6.45, 7) is 6.73. The van der Waals surface area contributed by atoms with E-state index in [0.717, 1.165) is 24.8 Å². The molecule has 1 N–H and O–H groups in total. The maximum Gasteiger partial charge on any atom is 0.433 e. The summed E-state index contributed by atoms with van der Waals surface area (Å²) in [7, 11) is 0. The lowest BCUT2D eigenvalue weighted by Crippen LogP contribution is -2.27. The normalized spacial score (nSPS) is 16.1. The van der Waals surface area contributed by atoms with Crippen molar-refractivity contribution in [2.24, 2.45) is 16.3 Å². The molecule has 0 radical (unpaired) electrons. The standard InChI is InChI=1S/C24H24ClN3O4S/c1-24(2,3)14-4-10-18-19(12-14)33-23(26-13-17-9-11-20(32-17)28(30)31)21(18)22(29)27-16-7-5-15(25)6-8-16/h5-9,11,13-14H,4,10,12H2,1-3H3,(H,27,29)/t14-/m0/s1. The van der Waals surface area contributed by atoms with E-state index in [1.165, 1.54) is 34.6 Å². The Labute approximate surface area is 200 Å². The second-order valence-corrected chi connectivity index (χ2v) is 10.7. The van der Waals surface area contributed by atoms with E-state index in [2.05, 4.69) is 31.1 Å². The van der Waals surface area contributed by atoms with E-state index in [1.54, 1.807) is 24.3 Å². The van der Waals surface area contributed by atoms with Gasteiger partial charge in [-0.3, -0.25) is 14.9 Å². The molecule has 2 aromatic heterocycles. The van der Waals surface area contributed by atoms with Gasteiger partial charge in [-0.15, -0.1) is 11.3 Å². The second-order valence-electron chi connectivity index (χ2n) is 9.14. The van der Waals surface area contributed by atoms with Crippen molar-refractivity contribution in [1.29, 1.82) is 0 Å². The zero-order valence-corrected chi connectivity index (χ0v) is 20.1. The molecule has 33 heavy (non-hydrogen) atoms. The molecule has 1 aromatic carbocycles. The summed E-state index contributed by atoms with van der Waals surface area (Å²) in [4.78, 5) is 29.3. The zero-order chi connectivity index (χ0) is 23.8. The highest BCUT2D eigenvalue weighted by Crippen LogP contribution is 2.45. The number of benzene rings is 1. The Bertz CT molecular complexity index is 1220. The molecule has 7 nitrogen and oxygen atoms in total. The molecule has 0 bridgehead atoms. The third kappa shape index (κ3) is 5.17. The lowest BCUT2D eigenvalue weighted by atomic mass is 9.72. The van der Waals surface area contributed by atoms with E-state index in [-0.39, 0.29) is 23.0 Å². The van der Waals surface area contributed by atoms with Gasteiger partial charge < -0.3 is 9.73 Å². The molecule has 1 amide bonds. The van der Waals surface area contributed by atoms with Crippen LogP contribution >= 0.6 is 22.9 Å². The van der Waals surface area contributed by atoms with Crippen molar-refractivity contribution in [3.63, 3.8) is 0 Å². The number of carbonyl (C=O) groups excluding carboxylic acids is 1. The van der Waals surface area contributed by atoms with Crippen LogP contribution in [-0.2, 0) is 12.8 Å². The summed E-state index contributed by atoms with van der Waals surface area (Å²) in [5.41, 5.74) is 2.40. The summed E-state index contributed by atoms with van der Waals surface area (Å²) < 4.78 is 5.18. The zero-order valence-electron chi connectivity index (χ0n) is 18.6. The number of nitro groups is 1. The molecule has 1 aliphatic rings. The van der Waals surface area contributed by atoms with E-state index in [9.17, 15) is 14.9 Å². The highest BCUT2D eigenvalue weighted by Gasteiger charge is 2.33. The molecular formula is C24H24ClN3O4S. The number of hydrogen-bond donors (Lipinski definition) is 1. The number of nitrogens with zero attached hydrogens (tertiary/aromatic N) is 2. The number of nitrogens with one attached hydrogen (secondary N) is 1. The Hall–Kier alpha value is -2.97. The molecule has 0 saturated carbocycles. The first-order valence-corrected chi connectivity index (χ1v) is 11.8. The predicted molar refractivity (Wildman–Crippen MR) is 131 cm³/mol. The van der Waals surface area contributed by atoms with Crippen LogP contribution in [0.3, 0.4) is 0 Å². The highest BCUT2D eigenvalue weighted by atomic mass is 35.5. The number of anilines is 1. The largest absolute Gasteiger partial charge is 0.433 e. The Kier molecular flexibility index (Phi) is 6.41. The number of halogens is 1. The Balaban J connectivity index is 1.68. The maximum atomic E-state index is 13.3. The second kappa shape index (κ2) is 9.11. The molecule has 4 rings (SSSR count). The number of thiophene rings is 1. The van der Waals surface area contributed by atoms with Crippen molar-refractivity contribution in [1.82, 2.24) is 0 Å². The fraction of sp³-hybridized carbons (Fsp3) is 0.333. The number of fused-ring (bicyclic) bond motifs is 1. The monoisotopic (exact) mass is 485 g/mol. The van der Waals surface area contributed by atoms with Crippen LogP contribution in [0.5, 0.6) is 0 Å². The van der Waals surface area contributed by atoms with Crippen LogP contribution in [0.4, 0.5) is 16.6 Å². The van der Waals surface area contributed by atoms with Gasteiger partial charge in [-0.1, -0.05) is 32.4 Å². The van der Waals surface area contributed by atoms with Gasteiger partial charge in [-0.25, -0.2) is 4.99 Å². The van der Waals surface area contributed by atoms with Gasteiger partial charge in [-0.05, 0) is 66.5 Å². The Morgan fingerprint density at radius 3 is 2.64 bits per heavy atom. The van der Waals surface area contributed by atoms with Crippen molar-refractivity contribution in [2.75, 3.05) is 5.32 Å². The minimum absolute atomic E-state index is 0.171. The summed E-state index contributed by atoms with van der Waals surface area (Å²) in [6, 6.07) is 9.70. The fourth-order valence-electron chi connectivity index (χ4n) is 3.99. The molecule has 3 aromatic rings. The topological polar surface area (TPSA) is 97.7 Å². The Morgan fingerprint density at radius 1 is 1.27 bits per heavy atom. The minimum atomic E-state index is -0.598. The third-order valence-corrected chi connectivity index (χ3v) is 7.32. The van der Waals surface area contributed by atoms with Gasteiger partial charge in [0.1, 0.15) is 9.92 Å². The molecule has 0 saturated heterocycles. The Morgan fingerprint density at radius 2 is 2.00 bits per heavy atom. The summed E-state index contributed by atoms with van der Waals surface area (Å²) >= 11 is 7.46. The van der Waals surface area contributed by atoms with Gasteiger partial charge in [0.15, 0.2) is 5.76 Å². The molecule has 2 heterocycles. The highest BCUT2D eigenvalue weighted by molar-refractivity contribution is 7.16. The summed E-state index contributed by atoms with van der Waals surface area (Å²) in [6.07, 6.45) is 4.12. The summed E-state index contributed by atoms with van der Waals surface area (Å²) in [5, 5.41) is 15.0. The fourth-order valence-corrected chi connectivity index (χ4v) is 5.39. The maximum absolute atomic E-state index is 13.3.